The zero-order valence-corrected chi connectivity index (χ0v) is 16.9. The van der Waals surface area contributed by atoms with E-state index in [0.717, 1.165) is 34.4 Å². The Balaban J connectivity index is 1.28. The number of para-hydroxylation sites is 1. The number of benzene rings is 1. The van der Waals surface area contributed by atoms with Crippen LogP contribution in [0, 0.1) is 5.92 Å². The number of hydrogen-bond donors (Lipinski definition) is 1. The summed E-state index contributed by atoms with van der Waals surface area (Å²) in [5, 5.41) is 6.50. The summed E-state index contributed by atoms with van der Waals surface area (Å²) in [6.45, 7) is 0.488. The normalized spacial score (nSPS) is 13.5. The molecule has 0 aliphatic heterocycles. The van der Waals surface area contributed by atoms with Gasteiger partial charge in [-0.15, -0.1) is 11.3 Å². The molecule has 3 heterocycles. The average molecular weight is 417 g/mol. The van der Waals surface area contributed by atoms with E-state index in [1.165, 1.54) is 11.3 Å². The molecule has 8 heteroatoms. The summed E-state index contributed by atoms with van der Waals surface area (Å²) in [7, 11) is 0. The first-order chi connectivity index (χ1) is 14.7. The van der Waals surface area contributed by atoms with Crippen LogP contribution in [0.3, 0.4) is 0 Å². The fourth-order valence-electron chi connectivity index (χ4n) is 3.45. The van der Waals surface area contributed by atoms with E-state index >= 15 is 0 Å². The highest BCUT2D eigenvalue weighted by molar-refractivity contribution is 7.13. The molecule has 30 heavy (non-hydrogen) atoms. The van der Waals surface area contributed by atoms with Crippen molar-refractivity contribution in [3.63, 3.8) is 0 Å². The molecule has 0 spiro atoms. The van der Waals surface area contributed by atoms with Crippen LogP contribution in [-0.4, -0.2) is 31.2 Å². The van der Waals surface area contributed by atoms with Crippen LogP contribution in [0.1, 0.15) is 28.9 Å². The predicted molar refractivity (Wildman–Crippen MR) is 114 cm³/mol. The van der Waals surface area contributed by atoms with Gasteiger partial charge in [0.15, 0.2) is 5.78 Å². The van der Waals surface area contributed by atoms with Crippen molar-refractivity contribution in [2.24, 2.45) is 5.92 Å². The summed E-state index contributed by atoms with van der Waals surface area (Å²) in [6.07, 6.45) is 8.65. The minimum atomic E-state index is -0.129. The number of amides is 1. The Morgan fingerprint density at radius 1 is 1.20 bits per heavy atom. The van der Waals surface area contributed by atoms with Crippen molar-refractivity contribution in [1.82, 2.24) is 24.8 Å². The molecule has 1 N–H and O–H groups in total. The lowest BCUT2D eigenvalue weighted by atomic mass is 10.1. The van der Waals surface area contributed by atoms with E-state index in [1.807, 2.05) is 40.4 Å². The number of Topliss-reactive ketones (excluding diaryl/α,β-unsaturated/α-hetero) is 1. The molecule has 1 aliphatic rings. The van der Waals surface area contributed by atoms with Gasteiger partial charge in [0.1, 0.15) is 17.2 Å². The van der Waals surface area contributed by atoms with Crippen LogP contribution in [0.4, 0.5) is 0 Å². The Labute approximate surface area is 176 Å². The van der Waals surface area contributed by atoms with Gasteiger partial charge in [-0.2, -0.15) is 0 Å². The Hall–Kier alpha value is -3.39. The van der Waals surface area contributed by atoms with E-state index in [1.54, 1.807) is 18.6 Å². The maximum absolute atomic E-state index is 12.6. The van der Waals surface area contributed by atoms with Gasteiger partial charge in [-0.05, 0) is 18.9 Å². The maximum Gasteiger partial charge on any atom is 0.240 e. The zero-order chi connectivity index (χ0) is 20.5. The summed E-state index contributed by atoms with van der Waals surface area (Å²) < 4.78 is 1.85. The van der Waals surface area contributed by atoms with Crippen LogP contribution in [0.5, 0.6) is 0 Å². The lowest BCUT2D eigenvalue weighted by molar-refractivity contribution is -0.121. The van der Waals surface area contributed by atoms with Gasteiger partial charge in [0, 0.05) is 46.4 Å². The molecule has 4 aromatic rings. The van der Waals surface area contributed by atoms with Gasteiger partial charge in [-0.25, -0.2) is 4.98 Å². The van der Waals surface area contributed by atoms with E-state index < -0.39 is 0 Å². The van der Waals surface area contributed by atoms with Crippen LogP contribution in [-0.2, 0) is 17.9 Å². The first-order valence-corrected chi connectivity index (χ1v) is 10.7. The molecular weight excluding hydrogens is 398 g/mol. The molecule has 1 aromatic carbocycles. The standard InChI is InChI=1S/C22H19N5O2S/c28-20(25-9-15-13-30-22(26-15)18-10-23-7-8-24-18)12-27-11-17(21(29)14-5-6-14)16-3-1-2-4-19(16)27/h1-4,7-8,10-11,13-14H,5-6,9,12H2,(H,25,28). The number of carbonyl (C=O) groups is 2. The number of hydrogen-bond acceptors (Lipinski definition) is 6. The van der Waals surface area contributed by atoms with E-state index in [0.29, 0.717) is 17.8 Å². The average Bonchev–Trinajstić information content (AvgIpc) is 3.42. The summed E-state index contributed by atoms with van der Waals surface area (Å²) in [6, 6.07) is 7.74. The number of nitrogens with one attached hydrogen (secondary N) is 1. The second kappa shape index (κ2) is 7.79. The van der Waals surface area contributed by atoms with Gasteiger partial charge >= 0.3 is 0 Å². The number of nitrogens with zero attached hydrogens (tertiary/aromatic N) is 4. The number of fused-ring (bicyclic) bond motifs is 1. The molecule has 5 rings (SSSR count). The van der Waals surface area contributed by atoms with Gasteiger partial charge in [-0.3, -0.25) is 19.6 Å². The summed E-state index contributed by atoms with van der Waals surface area (Å²) in [5.74, 6) is 0.200. The minimum absolute atomic E-state index is 0.129. The topological polar surface area (TPSA) is 89.8 Å². The molecule has 0 saturated heterocycles. The monoisotopic (exact) mass is 417 g/mol. The third-order valence-electron chi connectivity index (χ3n) is 5.12. The fraction of sp³-hybridized carbons (Fsp3) is 0.227. The van der Waals surface area contributed by atoms with Gasteiger partial charge in [0.2, 0.25) is 5.91 Å². The number of rotatable bonds is 7. The van der Waals surface area contributed by atoms with Crippen molar-refractivity contribution in [2.75, 3.05) is 0 Å². The lowest BCUT2D eigenvalue weighted by Gasteiger charge is -2.06. The van der Waals surface area contributed by atoms with Gasteiger partial charge in [0.05, 0.1) is 18.4 Å². The first kappa shape index (κ1) is 18.6. The van der Waals surface area contributed by atoms with Crippen molar-refractivity contribution >= 4 is 33.9 Å². The number of ketones is 1. The van der Waals surface area contributed by atoms with E-state index in [4.69, 9.17) is 0 Å². The zero-order valence-electron chi connectivity index (χ0n) is 16.1. The van der Waals surface area contributed by atoms with Gasteiger partial charge in [-0.1, -0.05) is 18.2 Å². The predicted octanol–water partition coefficient (Wildman–Crippen LogP) is 3.46. The maximum atomic E-state index is 12.6. The molecule has 0 unspecified atom stereocenters. The van der Waals surface area contributed by atoms with Crippen LogP contribution < -0.4 is 5.32 Å². The molecule has 1 fully saturated rings. The molecular formula is C22H19N5O2S. The van der Waals surface area contributed by atoms with E-state index in [2.05, 4.69) is 20.3 Å². The smallest absolute Gasteiger partial charge is 0.240 e. The number of aromatic nitrogens is 4. The molecule has 150 valence electrons. The first-order valence-electron chi connectivity index (χ1n) is 9.78. The van der Waals surface area contributed by atoms with Crippen molar-refractivity contribution in [2.45, 2.75) is 25.9 Å². The van der Waals surface area contributed by atoms with Crippen LogP contribution in [0.25, 0.3) is 21.6 Å². The highest BCUT2D eigenvalue weighted by atomic mass is 32.1. The molecule has 0 radical (unpaired) electrons. The minimum Gasteiger partial charge on any atom is -0.349 e. The highest BCUT2D eigenvalue weighted by Crippen LogP contribution is 2.35. The van der Waals surface area contributed by atoms with Crippen molar-refractivity contribution in [1.29, 1.82) is 0 Å². The second-order valence-electron chi connectivity index (χ2n) is 7.34. The Morgan fingerprint density at radius 2 is 2.07 bits per heavy atom. The SMILES string of the molecule is O=C(Cn1cc(C(=O)C2CC2)c2ccccc21)NCc1csc(-c2cnccn2)n1. The molecule has 1 amide bonds. The molecule has 7 nitrogen and oxygen atoms in total. The van der Waals surface area contributed by atoms with Crippen LogP contribution >= 0.6 is 11.3 Å². The van der Waals surface area contributed by atoms with Crippen LogP contribution in [0.2, 0.25) is 0 Å². The third kappa shape index (κ3) is 3.73. The Morgan fingerprint density at radius 3 is 2.87 bits per heavy atom. The third-order valence-corrected chi connectivity index (χ3v) is 6.03. The summed E-state index contributed by atoms with van der Waals surface area (Å²) in [4.78, 5) is 38.0. The number of thiazole rings is 1. The summed E-state index contributed by atoms with van der Waals surface area (Å²) >= 11 is 1.47. The molecule has 3 aromatic heterocycles. The van der Waals surface area contributed by atoms with Crippen LogP contribution in [0.15, 0.2) is 54.4 Å². The second-order valence-corrected chi connectivity index (χ2v) is 8.20. The lowest BCUT2D eigenvalue weighted by Crippen LogP contribution is -2.27. The van der Waals surface area contributed by atoms with Gasteiger partial charge < -0.3 is 9.88 Å². The molecule has 0 bridgehead atoms. The van der Waals surface area contributed by atoms with Crippen molar-refractivity contribution < 1.29 is 9.59 Å². The van der Waals surface area contributed by atoms with Gasteiger partial charge in [0.25, 0.3) is 0 Å². The Kier molecular flexibility index (Phi) is 4.84. The highest BCUT2D eigenvalue weighted by Gasteiger charge is 2.32. The van der Waals surface area contributed by atoms with E-state index in [-0.39, 0.29) is 24.2 Å². The Bertz CT molecular complexity index is 1230. The largest absolute Gasteiger partial charge is 0.349 e. The summed E-state index contributed by atoms with van der Waals surface area (Å²) in [5.41, 5.74) is 3.10. The molecule has 1 saturated carbocycles. The van der Waals surface area contributed by atoms with Crippen molar-refractivity contribution in [3.05, 3.63) is 65.7 Å². The van der Waals surface area contributed by atoms with Crippen molar-refractivity contribution in [3.8, 4) is 10.7 Å². The fourth-order valence-corrected chi connectivity index (χ4v) is 4.23. The van der Waals surface area contributed by atoms with E-state index in [9.17, 15) is 9.59 Å². The molecule has 1 aliphatic carbocycles. The quantitative estimate of drug-likeness (QED) is 0.465. The number of carbonyl (C=O) groups excluding carboxylic acids is 2. The molecule has 0 atom stereocenters.